The fourth-order valence-corrected chi connectivity index (χ4v) is 1.96. The molecule has 0 spiro atoms. The maximum atomic E-state index is 11.3. The summed E-state index contributed by atoms with van der Waals surface area (Å²) in [4.78, 5) is 11.3. The zero-order valence-electron chi connectivity index (χ0n) is 9.10. The van der Waals surface area contributed by atoms with Crippen LogP contribution in [-0.2, 0) is 15.3 Å². The standard InChI is InChI=1S/C12H16O2S/c1-3-14-12(13)10(2)15-9-11-7-5-4-6-8-11/h4-8,10H,3,9H2,1-2H3/t10-/m1/s1. The summed E-state index contributed by atoms with van der Waals surface area (Å²) in [6.45, 7) is 4.16. The van der Waals surface area contributed by atoms with Gasteiger partial charge in [-0.2, -0.15) is 0 Å². The van der Waals surface area contributed by atoms with E-state index in [0.717, 1.165) is 5.75 Å². The SMILES string of the molecule is CCOC(=O)[C@@H](C)SCc1ccccc1. The Hall–Kier alpha value is -0.960. The minimum Gasteiger partial charge on any atom is -0.465 e. The molecule has 0 aliphatic carbocycles. The Kier molecular flexibility index (Phi) is 5.26. The molecule has 0 amide bonds. The molecule has 0 N–H and O–H groups in total. The highest BCUT2D eigenvalue weighted by molar-refractivity contribution is 7.99. The van der Waals surface area contributed by atoms with Crippen LogP contribution in [0, 0.1) is 0 Å². The number of rotatable bonds is 5. The molecule has 0 heterocycles. The Morgan fingerprint density at radius 2 is 2.07 bits per heavy atom. The maximum Gasteiger partial charge on any atom is 0.318 e. The topological polar surface area (TPSA) is 26.3 Å². The maximum absolute atomic E-state index is 11.3. The van der Waals surface area contributed by atoms with Crippen molar-refractivity contribution in [2.75, 3.05) is 6.61 Å². The molecule has 3 heteroatoms. The van der Waals surface area contributed by atoms with E-state index in [2.05, 4.69) is 12.1 Å². The third-order valence-corrected chi connectivity index (χ3v) is 3.15. The lowest BCUT2D eigenvalue weighted by atomic mass is 10.2. The normalized spacial score (nSPS) is 12.1. The first-order valence-electron chi connectivity index (χ1n) is 5.06. The second-order valence-corrected chi connectivity index (χ2v) is 4.52. The third-order valence-electron chi connectivity index (χ3n) is 1.96. The van der Waals surface area contributed by atoms with Gasteiger partial charge in [0.25, 0.3) is 0 Å². The fraction of sp³-hybridized carbons (Fsp3) is 0.417. The Balaban J connectivity index is 2.34. The first-order chi connectivity index (χ1) is 7.24. The van der Waals surface area contributed by atoms with E-state index in [1.165, 1.54) is 5.56 Å². The summed E-state index contributed by atoms with van der Waals surface area (Å²) in [6.07, 6.45) is 0. The minimum absolute atomic E-state index is 0.0924. The number of benzene rings is 1. The molecule has 0 fully saturated rings. The number of ether oxygens (including phenoxy) is 1. The van der Waals surface area contributed by atoms with Crippen molar-refractivity contribution < 1.29 is 9.53 Å². The minimum atomic E-state index is -0.126. The quantitative estimate of drug-likeness (QED) is 0.719. The van der Waals surface area contributed by atoms with Crippen LogP contribution in [0.15, 0.2) is 30.3 Å². The van der Waals surface area contributed by atoms with Gasteiger partial charge in [0.05, 0.1) is 11.9 Å². The van der Waals surface area contributed by atoms with Crippen LogP contribution in [-0.4, -0.2) is 17.8 Å². The van der Waals surface area contributed by atoms with E-state index in [4.69, 9.17) is 4.74 Å². The van der Waals surface area contributed by atoms with Crippen molar-refractivity contribution in [3.8, 4) is 0 Å². The molecule has 82 valence electrons. The van der Waals surface area contributed by atoms with Crippen LogP contribution >= 0.6 is 11.8 Å². The van der Waals surface area contributed by atoms with Gasteiger partial charge in [0.15, 0.2) is 0 Å². The summed E-state index contributed by atoms with van der Waals surface area (Å²) in [5, 5.41) is -0.0924. The molecule has 0 saturated carbocycles. The van der Waals surface area contributed by atoms with Gasteiger partial charge in [0, 0.05) is 5.75 Å². The number of thioether (sulfide) groups is 1. The Morgan fingerprint density at radius 1 is 1.40 bits per heavy atom. The summed E-state index contributed by atoms with van der Waals surface area (Å²) >= 11 is 1.60. The molecule has 0 aliphatic heterocycles. The van der Waals surface area contributed by atoms with Crippen molar-refractivity contribution in [2.45, 2.75) is 24.9 Å². The smallest absolute Gasteiger partial charge is 0.318 e. The number of hydrogen-bond donors (Lipinski definition) is 0. The van der Waals surface area contributed by atoms with Gasteiger partial charge in [0.1, 0.15) is 0 Å². The zero-order chi connectivity index (χ0) is 11.1. The van der Waals surface area contributed by atoms with Gasteiger partial charge in [-0.3, -0.25) is 4.79 Å². The Labute approximate surface area is 95.0 Å². The molecule has 0 aliphatic rings. The third kappa shape index (κ3) is 4.38. The van der Waals surface area contributed by atoms with E-state index in [-0.39, 0.29) is 11.2 Å². The second kappa shape index (κ2) is 6.51. The second-order valence-electron chi connectivity index (χ2n) is 3.19. The molecule has 1 atom stereocenters. The molecule has 1 aromatic rings. The molecule has 1 rings (SSSR count). The average Bonchev–Trinajstić information content (AvgIpc) is 2.27. The highest BCUT2D eigenvalue weighted by Gasteiger charge is 2.13. The summed E-state index contributed by atoms with van der Waals surface area (Å²) in [5.41, 5.74) is 1.23. The molecule has 0 saturated heterocycles. The monoisotopic (exact) mass is 224 g/mol. The fourth-order valence-electron chi connectivity index (χ4n) is 1.12. The molecule has 0 aromatic heterocycles. The predicted molar refractivity (Wildman–Crippen MR) is 63.8 cm³/mol. The number of carbonyl (C=O) groups is 1. The molecular formula is C12H16O2S. The summed E-state index contributed by atoms with van der Waals surface area (Å²) < 4.78 is 4.93. The van der Waals surface area contributed by atoms with Crippen LogP contribution in [0.3, 0.4) is 0 Å². The van der Waals surface area contributed by atoms with Crippen molar-refractivity contribution >= 4 is 17.7 Å². The van der Waals surface area contributed by atoms with Gasteiger partial charge >= 0.3 is 5.97 Å². The summed E-state index contributed by atoms with van der Waals surface area (Å²) in [6, 6.07) is 10.1. The predicted octanol–water partition coefficient (Wildman–Crippen LogP) is 2.87. The zero-order valence-corrected chi connectivity index (χ0v) is 9.92. The van der Waals surface area contributed by atoms with E-state index in [0.29, 0.717) is 6.61 Å². The van der Waals surface area contributed by atoms with Crippen LogP contribution in [0.1, 0.15) is 19.4 Å². The van der Waals surface area contributed by atoms with Gasteiger partial charge in [-0.15, -0.1) is 11.8 Å². The lowest BCUT2D eigenvalue weighted by molar-refractivity contribution is -0.142. The molecule has 2 nitrogen and oxygen atoms in total. The summed E-state index contributed by atoms with van der Waals surface area (Å²) in [7, 11) is 0. The highest BCUT2D eigenvalue weighted by atomic mass is 32.2. The van der Waals surface area contributed by atoms with Gasteiger partial charge in [0.2, 0.25) is 0 Å². The van der Waals surface area contributed by atoms with Gasteiger partial charge < -0.3 is 4.74 Å². The number of esters is 1. The van der Waals surface area contributed by atoms with Crippen LogP contribution in [0.5, 0.6) is 0 Å². The van der Waals surface area contributed by atoms with E-state index in [9.17, 15) is 4.79 Å². The van der Waals surface area contributed by atoms with E-state index in [1.807, 2.05) is 32.0 Å². The van der Waals surface area contributed by atoms with Crippen LogP contribution < -0.4 is 0 Å². The molecule has 0 unspecified atom stereocenters. The van der Waals surface area contributed by atoms with E-state index < -0.39 is 0 Å². The van der Waals surface area contributed by atoms with Gasteiger partial charge in [-0.25, -0.2) is 0 Å². The molecule has 0 radical (unpaired) electrons. The lowest BCUT2D eigenvalue weighted by Crippen LogP contribution is -2.16. The Bertz CT molecular complexity index is 298. The van der Waals surface area contributed by atoms with Crippen molar-refractivity contribution in [2.24, 2.45) is 0 Å². The van der Waals surface area contributed by atoms with E-state index >= 15 is 0 Å². The molecular weight excluding hydrogens is 208 g/mol. The van der Waals surface area contributed by atoms with E-state index in [1.54, 1.807) is 11.8 Å². The Morgan fingerprint density at radius 3 is 2.67 bits per heavy atom. The number of hydrogen-bond acceptors (Lipinski definition) is 3. The molecule has 0 bridgehead atoms. The van der Waals surface area contributed by atoms with Crippen molar-refractivity contribution in [1.29, 1.82) is 0 Å². The first kappa shape index (κ1) is 12.1. The average molecular weight is 224 g/mol. The van der Waals surface area contributed by atoms with Gasteiger partial charge in [-0.1, -0.05) is 30.3 Å². The highest BCUT2D eigenvalue weighted by Crippen LogP contribution is 2.18. The largest absolute Gasteiger partial charge is 0.465 e. The van der Waals surface area contributed by atoms with Crippen LogP contribution in [0.4, 0.5) is 0 Å². The van der Waals surface area contributed by atoms with Gasteiger partial charge in [-0.05, 0) is 19.4 Å². The lowest BCUT2D eigenvalue weighted by Gasteiger charge is -2.09. The van der Waals surface area contributed by atoms with Crippen LogP contribution in [0.25, 0.3) is 0 Å². The number of carbonyl (C=O) groups excluding carboxylic acids is 1. The first-order valence-corrected chi connectivity index (χ1v) is 6.11. The van der Waals surface area contributed by atoms with Crippen molar-refractivity contribution in [3.05, 3.63) is 35.9 Å². The summed E-state index contributed by atoms with van der Waals surface area (Å²) in [5.74, 6) is 0.722. The molecule has 1 aromatic carbocycles. The van der Waals surface area contributed by atoms with Crippen molar-refractivity contribution in [3.63, 3.8) is 0 Å². The molecule has 15 heavy (non-hydrogen) atoms. The van der Waals surface area contributed by atoms with Crippen LogP contribution in [0.2, 0.25) is 0 Å². The van der Waals surface area contributed by atoms with Crippen molar-refractivity contribution in [1.82, 2.24) is 0 Å².